The van der Waals surface area contributed by atoms with E-state index < -0.39 is 0 Å². The third-order valence-electron chi connectivity index (χ3n) is 2.90. The number of ether oxygens (including phenoxy) is 1. The number of amides is 1. The van der Waals surface area contributed by atoms with Gasteiger partial charge in [0, 0.05) is 32.1 Å². The number of hydrogen-bond donors (Lipinski definition) is 1. The molecule has 1 fully saturated rings. The van der Waals surface area contributed by atoms with Crippen LogP contribution in [0.5, 0.6) is 0 Å². The predicted octanol–water partition coefficient (Wildman–Crippen LogP) is 1.29. The summed E-state index contributed by atoms with van der Waals surface area (Å²) in [6.07, 6.45) is 6.04. The molecule has 1 atom stereocenters. The van der Waals surface area contributed by atoms with Crippen LogP contribution in [0.15, 0.2) is 17.6 Å². The lowest BCUT2D eigenvalue weighted by atomic mass is 10.2. The molecule has 0 spiro atoms. The van der Waals surface area contributed by atoms with Gasteiger partial charge in [-0.05, 0) is 19.8 Å². The molecule has 0 radical (unpaired) electrons. The first-order valence-corrected chi connectivity index (χ1v) is 7.30. The second-order valence-electron chi connectivity index (χ2n) is 4.22. The highest BCUT2D eigenvalue weighted by Gasteiger charge is 2.16. The van der Waals surface area contributed by atoms with Gasteiger partial charge >= 0.3 is 0 Å². The van der Waals surface area contributed by atoms with E-state index >= 15 is 0 Å². The molecule has 1 N–H and O–H groups in total. The van der Waals surface area contributed by atoms with E-state index in [2.05, 4.69) is 17.2 Å². The van der Waals surface area contributed by atoms with E-state index in [1.165, 1.54) is 11.8 Å². The molecule has 100 valence electrons. The fourth-order valence-corrected chi connectivity index (χ4v) is 2.74. The summed E-state index contributed by atoms with van der Waals surface area (Å²) < 4.78 is 7.48. The van der Waals surface area contributed by atoms with Crippen molar-refractivity contribution in [1.82, 2.24) is 14.9 Å². The van der Waals surface area contributed by atoms with Crippen molar-refractivity contribution in [3.8, 4) is 0 Å². The molecular weight excluding hydrogens is 250 g/mol. The number of rotatable bonds is 6. The van der Waals surface area contributed by atoms with Crippen LogP contribution in [0, 0.1) is 0 Å². The molecule has 5 nitrogen and oxygen atoms in total. The molecule has 1 unspecified atom stereocenters. The molecule has 0 bridgehead atoms. The van der Waals surface area contributed by atoms with Gasteiger partial charge in [0.05, 0.1) is 11.9 Å². The zero-order valence-electron chi connectivity index (χ0n) is 10.6. The summed E-state index contributed by atoms with van der Waals surface area (Å²) in [6, 6.07) is 0. The Bertz CT molecular complexity index is 388. The van der Waals surface area contributed by atoms with Crippen molar-refractivity contribution in [2.45, 2.75) is 37.6 Å². The minimum Gasteiger partial charge on any atom is -0.376 e. The summed E-state index contributed by atoms with van der Waals surface area (Å²) in [6.45, 7) is 4.38. The molecule has 2 heterocycles. The fraction of sp³-hybridized carbons (Fsp3) is 0.667. The van der Waals surface area contributed by atoms with Gasteiger partial charge in [0.2, 0.25) is 5.91 Å². The van der Waals surface area contributed by atoms with Crippen molar-refractivity contribution in [2.24, 2.45) is 0 Å². The van der Waals surface area contributed by atoms with Crippen molar-refractivity contribution in [3.63, 3.8) is 0 Å². The van der Waals surface area contributed by atoms with Crippen LogP contribution >= 0.6 is 11.8 Å². The first-order valence-electron chi connectivity index (χ1n) is 6.32. The summed E-state index contributed by atoms with van der Waals surface area (Å²) in [5.41, 5.74) is 0. The molecule has 6 heteroatoms. The Hall–Kier alpha value is -1.01. The van der Waals surface area contributed by atoms with E-state index in [9.17, 15) is 4.79 Å². The normalized spacial score (nSPS) is 19.1. The molecular formula is C12H19N3O2S. The fourth-order valence-electron chi connectivity index (χ4n) is 1.89. The highest BCUT2D eigenvalue weighted by atomic mass is 32.2. The van der Waals surface area contributed by atoms with Crippen molar-refractivity contribution in [3.05, 3.63) is 12.4 Å². The zero-order chi connectivity index (χ0) is 12.8. The van der Waals surface area contributed by atoms with Crippen molar-refractivity contribution >= 4 is 17.7 Å². The van der Waals surface area contributed by atoms with E-state index in [4.69, 9.17) is 4.74 Å². The molecule has 0 aliphatic carbocycles. The second kappa shape index (κ2) is 6.80. The van der Waals surface area contributed by atoms with E-state index in [-0.39, 0.29) is 12.0 Å². The average Bonchev–Trinajstić information content (AvgIpc) is 3.04. The number of nitrogens with zero attached hydrogens (tertiary/aromatic N) is 2. The van der Waals surface area contributed by atoms with Crippen LogP contribution in [-0.4, -0.2) is 40.5 Å². The smallest absolute Gasteiger partial charge is 0.230 e. The Morgan fingerprint density at radius 1 is 1.72 bits per heavy atom. The first-order chi connectivity index (χ1) is 8.79. The van der Waals surface area contributed by atoms with Gasteiger partial charge in [-0.2, -0.15) is 0 Å². The zero-order valence-corrected chi connectivity index (χ0v) is 11.4. The van der Waals surface area contributed by atoms with Crippen molar-refractivity contribution < 1.29 is 9.53 Å². The minimum absolute atomic E-state index is 0.0427. The van der Waals surface area contributed by atoms with Gasteiger partial charge in [0.1, 0.15) is 0 Å². The monoisotopic (exact) mass is 269 g/mol. The topological polar surface area (TPSA) is 56.2 Å². The van der Waals surface area contributed by atoms with Crippen LogP contribution in [0.3, 0.4) is 0 Å². The third-order valence-corrected chi connectivity index (χ3v) is 3.91. The maximum atomic E-state index is 11.7. The standard InChI is InChI=1S/C12H19N3O2S/c1-2-15-6-5-13-12(15)18-9-11(16)14-8-10-4-3-7-17-10/h5-6,10H,2-4,7-9H2,1H3,(H,14,16). The summed E-state index contributed by atoms with van der Waals surface area (Å²) in [5.74, 6) is 0.449. The Kier molecular flexibility index (Phi) is 5.07. The summed E-state index contributed by atoms with van der Waals surface area (Å²) in [4.78, 5) is 15.9. The van der Waals surface area contributed by atoms with Crippen molar-refractivity contribution in [2.75, 3.05) is 18.9 Å². The largest absolute Gasteiger partial charge is 0.376 e. The highest BCUT2D eigenvalue weighted by molar-refractivity contribution is 7.99. The Labute approximate surface area is 111 Å². The number of thioether (sulfide) groups is 1. The number of hydrogen-bond acceptors (Lipinski definition) is 4. The molecule has 2 rings (SSSR count). The van der Waals surface area contributed by atoms with E-state index in [1.54, 1.807) is 6.20 Å². The third kappa shape index (κ3) is 3.74. The van der Waals surface area contributed by atoms with Gasteiger partial charge in [-0.1, -0.05) is 11.8 Å². The van der Waals surface area contributed by atoms with Crippen LogP contribution in [0.25, 0.3) is 0 Å². The van der Waals surface area contributed by atoms with E-state index in [0.29, 0.717) is 12.3 Å². The maximum absolute atomic E-state index is 11.7. The Balaban J connectivity index is 1.68. The van der Waals surface area contributed by atoms with Gasteiger partial charge in [0.25, 0.3) is 0 Å². The summed E-state index contributed by atoms with van der Waals surface area (Å²) >= 11 is 1.47. The Morgan fingerprint density at radius 3 is 3.33 bits per heavy atom. The molecule has 0 saturated carbocycles. The van der Waals surface area contributed by atoms with Crippen LogP contribution < -0.4 is 5.32 Å². The SMILES string of the molecule is CCn1ccnc1SCC(=O)NCC1CCCO1. The number of carbonyl (C=O) groups is 1. The highest BCUT2D eigenvalue weighted by Crippen LogP contribution is 2.15. The van der Waals surface area contributed by atoms with Gasteiger partial charge < -0.3 is 14.6 Å². The lowest BCUT2D eigenvalue weighted by Crippen LogP contribution is -2.32. The number of carbonyl (C=O) groups excluding carboxylic acids is 1. The average molecular weight is 269 g/mol. The Morgan fingerprint density at radius 2 is 2.61 bits per heavy atom. The van der Waals surface area contributed by atoms with Gasteiger partial charge in [-0.25, -0.2) is 4.98 Å². The van der Waals surface area contributed by atoms with Crippen LogP contribution in [0.1, 0.15) is 19.8 Å². The van der Waals surface area contributed by atoms with Crippen LogP contribution in [0.4, 0.5) is 0 Å². The summed E-state index contributed by atoms with van der Waals surface area (Å²) in [5, 5.41) is 3.80. The lowest BCUT2D eigenvalue weighted by molar-refractivity contribution is -0.119. The molecule has 1 aliphatic heterocycles. The first kappa shape index (κ1) is 13.4. The number of nitrogens with one attached hydrogen (secondary N) is 1. The molecule has 0 aromatic carbocycles. The minimum atomic E-state index is 0.0427. The number of aryl methyl sites for hydroxylation is 1. The van der Waals surface area contributed by atoms with Gasteiger partial charge in [-0.3, -0.25) is 4.79 Å². The van der Waals surface area contributed by atoms with Gasteiger partial charge in [0.15, 0.2) is 5.16 Å². The van der Waals surface area contributed by atoms with E-state index in [0.717, 1.165) is 31.1 Å². The second-order valence-corrected chi connectivity index (χ2v) is 5.17. The van der Waals surface area contributed by atoms with Crippen LogP contribution in [-0.2, 0) is 16.1 Å². The number of imidazole rings is 1. The molecule has 1 aromatic rings. The molecule has 1 saturated heterocycles. The maximum Gasteiger partial charge on any atom is 0.230 e. The van der Waals surface area contributed by atoms with Crippen LogP contribution in [0.2, 0.25) is 0 Å². The predicted molar refractivity (Wildman–Crippen MR) is 70.6 cm³/mol. The molecule has 1 amide bonds. The van der Waals surface area contributed by atoms with Gasteiger partial charge in [-0.15, -0.1) is 0 Å². The number of aromatic nitrogens is 2. The summed E-state index contributed by atoms with van der Waals surface area (Å²) in [7, 11) is 0. The quantitative estimate of drug-likeness (QED) is 0.791. The molecule has 1 aromatic heterocycles. The van der Waals surface area contributed by atoms with Crippen molar-refractivity contribution in [1.29, 1.82) is 0 Å². The lowest BCUT2D eigenvalue weighted by Gasteiger charge is -2.10. The molecule has 1 aliphatic rings. The molecule has 18 heavy (non-hydrogen) atoms. The van der Waals surface area contributed by atoms with E-state index in [1.807, 2.05) is 10.8 Å².